The van der Waals surface area contributed by atoms with E-state index >= 15 is 0 Å². The number of rotatable bonds is 5. The number of nitrogens with zero attached hydrogens (tertiary/aromatic N) is 2. The number of aromatic carboxylic acids is 1. The summed E-state index contributed by atoms with van der Waals surface area (Å²) >= 11 is 0. The number of pyridine rings is 1. The van der Waals surface area contributed by atoms with E-state index < -0.39 is 16.7 Å². The maximum atomic E-state index is 13.1. The lowest BCUT2D eigenvalue weighted by molar-refractivity contribution is -0.385. The summed E-state index contributed by atoms with van der Waals surface area (Å²) in [7, 11) is 0. The number of carbonyl (C=O) groups is 1. The van der Waals surface area contributed by atoms with E-state index in [-0.39, 0.29) is 29.2 Å². The van der Waals surface area contributed by atoms with Crippen molar-refractivity contribution in [3.63, 3.8) is 0 Å². The van der Waals surface area contributed by atoms with E-state index in [1.807, 2.05) is 0 Å². The van der Waals surface area contributed by atoms with Crippen molar-refractivity contribution < 1.29 is 24.0 Å². The molecule has 8 heteroatoms. The lowest BCUT2D eigenvalue weighted by Crippen LogP contribution is -2.03. The molecule has 7 nitrogen and oxygen atoms in total. The van der Waals surface area contributed by atoms with Gasteiger partial charge in [-0.05, 0) is 18.2 Å². The molecule has 0 unspecified atom stereocenters. The Hall–Kier alpha value is -3.03. The van der Waals surface area contributed by atoms with Crippen LogP contribution in [-0.2, 0) is 6.61 Å². The molecule has 0 aliphatic rings. The molecule has 1 aromatic heterocycles. The quantitative estimate of drug-likeness (QED) is 0.670. The van der Waals surface area contributed by atoms with Gasteiger partial charge >= 0.3 is 5.97 Å². The van der Waals surface area contributed by atoms with Crippen LogP contribution in [0.2, 0.25) is 0 Å². The number of aromatic nitrogens is 1. The molecule has 0 saturated heterocycles. The highest BCUT2D eigenvalue weighted by molar-refractivity contribution is 5.87. The zero-order chi connectivity index (χ0) is 15.4. The van der Waals surface area contributed by atoms with Crippen LogP contribution in [0.5, 0.6) is 5.75 Å². The number of ether oxygens (including phenoxy) is 1. The van der Waals surface area contributed by atoms with Crippen LogP contribution in [0.3, 0.4) is 0 Å². The lowest BCUT2D eigenvalue weighted by atomic mass is 10.2. The zero-order valence-corrected chi connectivity index (χ0v) is 10.5. The third-order valence-corrected chi connectivity index (χ3v) is 2.59. The molecule has 0 fully saturated rings. The number of carboxylic acids is 1. The molecule has 2 rings (SSSR count). The average Bonchev–Trinajstić information content (AvgIpc) is 2.45. The summed E-state index contributed by atoms with van der Waals surface area (Å²) in [4.78, 5) is 24.6. The SMILES string of the molecule is O=C(O)c1cncc(OCc2cc(F)ccc2[N+](=O)[O-])c1. The topological polar surface area (TPSA) is 103 Å². The molecule has 0 aliphatic heterocycles. The van der Waals surface area contributed by atoms with Crippen molar-refractivity contribution in [1.82, 2.24) is 4.98 Å². The van der Waals surface area contributed by atoms with Crippen molar-refractivity contribution in [2.45, 2.75) is 6.61 Å². The summed E-state index contributed by atoms with van der Waals surface area (Å²) in [6.45, 7) is -0.279. The van der Waals surface area contributed by atoms with E-state index in [4.69, 9.17) is 9.84 Å². The van der Waals surface area contributed by atoms with Crippen molar-refractivity contribution in [3.05, 3.63) is 63.7 Å². The first-order chi connectivity index (χ1) is 9.97. The van der Waals surface area contributed by atoms with Crippen molar-refractivity contribution in [1.29, 1.82) is 0 Å². The first-order valence-electron chi connectivity index (χ1n) is 5.71. The van der Waals surface area contributed by atoms with Crippen LogP contribution in [0, 0.1) is 15.9 Å². The smallest absolute Gasteiger partial charge is 0.337 e. The first kappa shape index (κ1) is 14.4. The molecule has 2 aromatic rings. The molecule has 21 heavy (non-hydrogen) atoms. The van der Waals surface area contributed by atoms with Gasteiger partial charge in [-0.1, -0.05) is 0 Å². The van der Waals surface area contributed by atoms with Gasteiger partial charge in [0.15, 0.2) is 0 Å². The van der Waals surface area contributed by atoms with Gasteiger partial charge in [0.05, 0.1) is 22.2 Å². The molecule has 0 amide bonds. The van der Waals surface area contributed by atoms with Crippen LogP contribution in [0.4, 0.5) is 10.1 Å². The number of hydrogen-bond donors (Lipinski definition) is 1. The summed E-state index contributed by atoms with van der Waals surface area (Å²) in [5.74, 6) is -1.69. The number of nitro groups is 1. The van der Waals surface area contributed by atoms with Crippen LogP contribution >= 0.6 is 0 Å². The largest absolute Gasteiger partial charge is 0.487 e. The Morgan fingerprint density at radius 2 is 2.14 bits per heavy atom. The molecule has 1 aromatic carbocycles. The Labute approximate surface area is 117 Å². The minimum Gasteiger partial charge on any atom is -0.487 e. The number of nitro benzene ring substituents is 1. The Bertz CT molecular complexity index is 705. The highest BCUT2D eigenvalue weighted by Crippen LogP contribution is 2.22. The first-order valence-corrected chi connectivity index (χ1v) is 5.71. The van der Waals surface area contributed by atoms with Gasteiger partial charge in [-0.15, -0.1) is 0 Å². The monoisotopic (exact) mass is 292 g/mol. The fourth-order valence-corrected chi connectivity index (χ4v) is 1.62. The zero-order valence-electron chi connectivity index (χ0n) is 10.5. The molecule has 1 heterocycles. The van der Waals surface area contributed by atoms with E-state index in [2.05, 4.69) is 4.98 Å². The Morgan fingerprint density at radius 3 is 2.81 bits per heavy atom. The second-order valence-electron chi connectivity index (χ2n) is 4.03. The van der Waals surface area contributed by atoms with Crippen molar-refractivity contribution in [3.8, 4) is 5.75 Å². The van der Waals surface area contributed by atoms with Crippen LogP contribution in [0.1, 0.15) is 15.9 Å². The van der Waals surface area contributed by atoms with Crippen LogP contribution in [-0.4, -0.2) is 21.0 Å². The van der Waals surface area contributed by atoms with Gasteiger partial charge < -0.3 is 9.84 Å². The minimum atomic E-state index is -1.18. The van der Waals surface area contributed by atoms with Gasteiger partial charge in [-0.2, -0.15) is 0 Å². The third-order valence-electron chi connectivity index (χ3n) is 2.59. The molecule has 0 aliphatic carbocycles. The average molecular weight is 292 g/mol. The molecule has 0 saturated carbocycles. The number of carboxylic acid groups (broad SMARTS) is 1. The normalized spacial score (nSPS) is 10.1. The predicted octanol–water partition coefficient (Wildman–Crippen LogP) is 2.41. The van der Waals surface area contributed by atoms with Crippen molar-refractivity contribution in [2.75, 3.05) is 0 Å². The summed E-state index contributed by atoms with van der Waals surface area (Å²) in [5.41, 5.74) is -0.319. The van der Waals surface area contributed by atoms with Crippen molar-refractivity contribution in [2.24, 2.45) is 0 Å². The van der Waals surface area contributed by atoms with Gasteiger partial charge in [-0.25, -0.2) is 9.18 Å². The maximum Gasteiger partial charge on any atom is 0.337 e. The lowest BCUT2D eigenvalue weighted by Gasteiger charge is -2.07. The number of benzene rings is 1. The van der Waals surface area contributed by atoms with Gasteiger partial charge in [0.25, 0.3) is 5.69 Å². The minimum absolute atomic E-state index is 0.0423. The molecular formula is C13H9FN2O5. The van der Waals surface area contributed by atoms with Crippen LogP contribution in [0.25, 0.3) is 0 Å². The Balaban J connectivity index is 2.20. The standard InChI is InChI=1S/C13H9FN2O5/c14-10-1-2-12(16(19)20)9(3-10)7-21-11-4-8(13(17)18)5-15-6-11/h1-6H,7H2,(H,17,18). The summed E-state index contributed by atoms with van der Waals surface area (Å²) < 4.78 is 18.4. The van der Waals surface area contributed by atoms with Gasteiger partial charge in [-0.3, -0.25) is 15.1 Å². The second kappa shape index (κ2) is 5.95. The Morgan fingerprint density at radius 1 is 1.38 bits per heavy atom. The highest BCUT2D eigenvalue weighted by Gasteiger charge is 2.15. The number of hydrogen-bond acceptors (Lipinski definition) is 5. The van der Waals surface area contributed by atoms with Crippen LogP contribution in [0.15, 0.2) is 36.7 Å². The molecule has 1 N–H and O–H groups in total. The molecule has 0 spiro atoms. The number of halogens is 1. The highest BCUT2D eigenvalue weighted by atomic mass is 19.1. The van der Waals surface area contributed by atoms with Gasteiger partial charge in [0, 0.05) is 12.3 Å². The maximum absolute atomic E-state index is 13.1. The summed E-state index contributed by atoms with van der Waals surface area (Å²) in [6.07, 6.45) is 2.40. The van der Waals surface area contributed by atoms with E-state index in [1.165, 1.54) is 12.3 Å². The summed E-state index contributed by atoms with van der Waals surface area (Å²) in [5, 5.41) is 19.6. The van der Waals surface area contributed by atoms with E-state index in [9.17, 15) is 19.3 Å². The summed E-state index contributed by atoms with van der Waals surface area (Å²) in [6, 6.07) is 4.24. The molecule has 0 bridgehead atoms. The second-order valence-corrected chi connectivity index (χ2v) is 4.03. The fourth-order valence-electron chi connectivity index (χ4n) is 1.62. The Kier molecular flexibility index (Phi) is 4.07. The molecular weight excluding hydrogens is 283 g/mol. The van der Waals surface area contributed by atoms with E-state index in [1.54, 1.807) is 0 Å². The molecule has 0 atom stereocenters. The van der Waals surface area contributed by atoms with Crippen molar-refractivity contribution >= 4 is 11.7 Å². The molecule has 0 radical (unpaired) electrons. The third kappa shape index (κ3) is 3.50. The fraction of sp³-hybridized carbons (Fsp3) is 0.0769. The van der Waals surface area contributed by atoms with E-state index in [0.29, 0.717) is 0 Å². The van der Waals surface area contributed by atoms with Gasteiger partial charge in [0.1, 0.15) is 18.2 Å². The molecule has 108 valence electrons. The predicted molar refractivity (Wildman–Crippen MR) is 68.6 cm³/mol. The van der Waals surface area contributed by atoms with Gasteiger partial charge in [0.2, 0.25) is 0 Å². The van der Waals surface area contributed by atoms with Crippen LogP contribution < -0.4 is 4.74 Å². The van der Waals surface area contributed by atoms with E-state index in [0.717, 1.165) is 24.4 Å².